The van der Waals surface area contributed by atoms with Crippen molar-refractivity contribution < 1.29 is 14.2 Å². The van der Waals surface area contributed by atoms with E-state index in [-0.39, 0.29) is 0 Å². The molecule has 0 N–H and O–H groups in total. The summed E-state index contributed by atoms with van der Waals surface area (Å²) < 4.78 is 17.7. The summed E-state index contributed by atoms with van der Waals surface area (Å²) in [5, 5.41) is 0. The molecule has 0 amide bonds. The van der Waals surface area contributed by atoms with Gasteiger partial charge in [0.2, 0.25) is 0 Å². The van der Waals surface area contributed by atoms with Gasteiger partial charge in [0, 0.05) is 26.1 Å². The maximum absolute atomic E-state index is 5.93. The van der Waals surface area contributed by atoms with Crippen molar-refractivity contribution in [3.8, 4) is 0 Å². The molecule has 3 fully saturated rings. The van der Waals surface area contributed by atoms with Crippen LogP contribution in [0, 0.1) is 47.3 Å². The smallest absolute Gasteiger partial charge is 0.180 e. The molecule has 2 saturated carbocycles. The van der Waals surface area contributed by atoms with Crippen LogP contribution in [0.3, 0.4) is 0 Å². The lowest BCUT2D eigenvalue weighted by atomic mass is 9.52. The number of methoxy groups -OCH3 is 2. The van der Waals surface area contributed by atoms with Gasteiger partial charge in [-0.15, -0.1) is 0 Å². The van der Waals surface area contributed by atoms with E-state index >= 15 is 0 Å². The molecule has 5 aliphatic carbocycles. The van der Waals surface area contributed by atoms with Crippen molar-refractivity contribution in [2.75, 3.05) is 27.4 Å². The summed E-state index contributed by atoms with van der Waals surface area (Å²) in [6.07, 6.45) is 9.68. The van der Waals surface area contributed by atoms with Gasteiger partial charge in [-0.2, -0.15) is 0 Å². The third kappa shape index (κ3) is 1.09. The van der Waals surface area contributed by atoms with Crippen molar-refractivity contribution in [2.24, 2.45) is 47.3 Å². The predicted octanol–water partition coefficient (Wildman–Crippen LogP) is 2.10. The first-order chi connectivity index (χ1) is 9.81. The molecule has 0 radical (unpaired) electrons. The molecule has 0 unspecified atom stereocenters. The molecule has 1 heterocycles. The van der Waals surface area contributed by atoms with Crippen LogP contribution in [0.5, 0.6) is 0 Å². The summed E-state index contributed by atoms with van der Waals surface area (Å²) in [7, 11) is 3.63. The van der Waals surface area contributed by atoms with Crippen LogP contribution in [-0.4, -0.2) is 33.2 Å². The molecule has 0 aromatic carbocycles. The minimum absolute atomic E-state index is 0.405. The summed E-state index contributed by atoms with van der Waals surface area (Å²) in [6.45, 7) is 1.90. The number of ether oxygens (including phenoxy) is 3. The fraction of sp³-hybridized carbons (Fsp3) is 0.765. The van der Waals surface area contributed by atoms with Crippen molar-refractivity contribution in [3.63, 3.8) is 0 Å². The zero-order chi connectivity index (χ0) is 13.5. The van der Waals surface area contributed by atoms with Crippen molar-refractivity contribution in [3.05, 3.63) is 24.3 Å². The Morgan fingerprint density at radius 1 is 0.850 bits per heavy atom. The molecule has 108 valence electrons. The van der Waals surface area contributed by atoms with Gasteiger partial charge in [0.05, 0.1) is 13.2 Å². The van der Waals surface area contributed by atoms with E-state index in [0.29, 0.717) is 35.5 Å². The second kappa shape index (κ2) is 3.76. The Balaban J connectivity index is 1.63. The van der Waals surface area contributed by atoms with Crippen molar-refractivity contribution in [1.29, 1.82) is 0 Å². The van der Waals surface area contributed by atoms with Crippen LogP contribution >= 0.6 is 0 Å². The molecule has 6 rings (SSSR count). The standard InChI is InChI=1S/C17H22O3/c1-18-17(19-2)13-5-6-14(17)16-10-4-3-9(15(13)16)11-7-20-8-12(10)11/h3-6,9-16H,7-8H2,1-2H3/t9-,10+,11+,12-,13-,14+,15+,16-. The zero-order valence-electron chi connectivity index (χ0n) is 12.1. The normalized spacial score (nSPS) is 56.3. The molecule has 0 aromatic heterocycles. The van der Waals surface area contributed by atoms with Crippen LogP contribution in [0.1, 0.15) is 0 Å². The number of hydrogen-bond donors (Lipinski definition) is 0. The first kappa shape index (κ1) is 12.0. The molecule has 1 aliphatic heterocycles. The highest BCUT2D eigenvalue weighted by atomic mass is 16.7. The van der Waals surface area contributed by atoms with Crippen LogP contribution in [-0.2, 0) is 14.2 Å². The largest absolute Gasteiger partial charge is 0.381 e. The first-order valence-corrected chi connectivity index (χ1v) is 7.86. The van der Waals surface area contributed by atoms with Crippen molar-refractivity contribution in [1.82, 2.24) is 0 Å². The summed E-state index contributed by atoms with van der Waals surface area (Å²) >= 11 is 0. The highest BCUT2D eigenvalue weighted by Crippen LogP contribution is 2.68. The fourth-order valence-corrected chi connectivity index (χ4v) is 6.37. The predicted molar refractivity (Wildman–Crippen MR) is 73.8 cm³/mol. The molecule has 0 spiro atoms. The summed E-state index contributed by atoms with van der Waals surface area (Å²) in [6, 6.07) is 0. The van der Waals surface area contributed by atoms with E-state index in [1.165, 1.54) is 0 Å². The molecule has 3 nitrogen and oxygen atoms in total. The average Bonchev–Trinajstić information content (AvgIpc) is 3.19. The lowest BCUT2D eigenvalue weighted by molar-refractivity contribution is -0.234. The number of rotatable bonds is 2. The Labute approximate surface area is 120 Å². The topological polar surface area (TPSA) is 27.7 Å². The van der Waals surface area contributed by atoms with Gasteiger partial charge < -0.3 is 14.2 Å². The van der Waals surface area contributed by atoms with E-state index in [4.69, 9.17) is 14.2 Å². The lowest BCUT2D eigenvalue weighted by Crippen LogP contribution is -2.49. The molecule has 8 atom stereocenters. The number of allylic oxidation sites excluding steroid dienone is 2. The fourth-order valence-electron chi connectivity index (χ4n) is 6.37. The highest BCUT2D eigenvalue weighted by Gasteiger charge is 2.70. The maximum Gasteiger partial charge on any atom is 0.180 e. The first-order valence-electron chi connectivity index (χ1n) is 7.86. The van der Waals surface area contributed by atoms with Gasteiger partial charge in [0.25, 0.3) is 0 Å². The molecule has 3 heteroatoms. The molecule has 1 saturated heterocycles. The Morgan fingerprint density at radius 2 is 1.35 bits per heavy atom. The van der Waals surface area contributed by atoms with E-state index in [9.17, 15) is 0 Å². The molecule has 6 aliphatic rings. The van der Waals surface area contributed by atoms with E-state index in [0.717, 1.165) is 25.0 Å². The van der Waals surface area contributed by atoms with E-state index in [1.807, 2.05) is 14.2 Å². The van der Waals surface area contributed by atoms with E-state index in [2.05, 4.69) is 24.3 Å². The Bertz CT molecular complexity index is 454. The molecule has 0 aromatic rings. The maximum atomic E-state index is 5.93. The Kier molecular flexibility index (Phi) is 2.25. The third-order valence-corrected chi connectivity index (χ3v) is 6.97. The number of fused-ring (bicyclic) bond motifs is 2. The van der Waals surface area contributed by atoms with Crippen LogP contribution in [0.4, 0.5) is 0 Å². The van der Waals surface area contributed by atoms with Crippen LogP contribution in [0.2, 0.25) is 0 Å². The van der Waals surface area contributed by atoms with Gasteiger partial charge in [-0.1, -0.05) is 24.3 Å². The van der Waals surface area contributed by atoms with Crippen molar-refractivity contribution >= 4 is 0 Å². The average molecular weight is 274 g/mol. The SMILES string of the molecule is COC1(OC)[C@@H]2C=C[C@H]1[C@H]1[C@H]3C=C[C@H]([C@@H]4COC[C@H]34)[C@H]12. The Hall–Kier alpha value is -0.640. The van der Waals surface area contributed by atoms with Gasteiger partial charge in [0.1, 0.15) is 0 Å². The van der Waals surface area contributed by atoms with Gasteiger partial charge in [0.15, 0.2) is 5.79 Å². The molecule has 20 heavy (non-hydrogen) atoms. The van der Waals surface area contributed by atoms with Gasteiger partial charge >= 0.3 is 0 Å². The zero-order valence-corrected chi connectivity index (χ0v) is 12.1. The van der Waals surface area contributed by atoms with Crippen LogP contribution in [0.15, 0.2) is 24.3 Å². The van der Waals surface area contributed by atoms with Crippen molar-refractivity contribution in [2.45, 2.75) is 5.79 Å². The minimum atomic E-state index is -0.405. The molecular weight excluding hydrogens is 252 g/mol. The van der Waals surface area contributed by atoms with Crippen LogP contribution in [0.25, 0.3) is 0 Å². The monoisotopic (exact) mass is 274 g/mol. The van der Waals surface area contributed by atoms with Gasteiger partial charge in [-0.25, -0.2) is 0 Å². The lowest BCUT2D eigenvalue weighted by Gasteiger charge is -2.51. The molecule has 4 bridgehead atoms. The van der Waals surface area contributed by atoms with Gasteiger partial charge in [-0.3, -0.25) is 0 Å². The van der Waals surface area contributed by atoms with Crippen LogP contribution < -0.4 is 0 Å². The summed E-state index contributed by atoms with van der Waals surface area (Å²) in [5.41, 5.74) is 0. The Morgan fingerprint density at radius 3 is 1.80 bits per heavy atom. The summed E-state index contributed by atoms with van der Waals surface area (Å²) in [5.74, 6) is 4.54. The van der Waals surface area contributed by atoms with E-state index < -0.39 is 5.79 Å². The second-order valence-electron chi connectivity index (χ2n) is 7.13. The quantitative estimate of drug-likeness (QED) is 0.570. The third-order valence-electron chi connectivity index (χ3n) is 6.97. The minimum Gasteiger partial charge on any atom is -0.381 e. The number of hydrogen-bond acceptors (Lipinski definition) is 3. The highest BCUT2D eigenvalue weighted by molar-refractivity contribution is 5.31. The molecular formula is C17H22O3. The second-order valence-corrected chi connectivity index (χ2v) is 7.13. The summed E-state index contributed by atoms with van der Waals surface area (Å²) in [4.78, 5) is 0. The van der Waals surface area contributed by atoms with Gasteiger partial charge in [-0.05, 0) is 35.5 Å². The van der Waals surface area contributed by atoms with E-state index in [1.54, 1.807) is 0 Å².